The Morgan fingerprint density at radius 3 is 2.69 bits per heavy atom. The number of hydrogen-bond donors (Lipinski definition) is 2. The third kappa shape index (κ3) is 4.75. The summed E-state index contributed by atoms with van der Waals surface area (Å²) in [7, 11) is 0. The first-order valence-corrected chi connectivity index (χ1v) is 10.5. The molecule has 2 amide bonds. The molecule has 2 aromatic rings. The summed E-state index contributed by atoms with van der Waals surface area (Å²) in [5.74, 6) is 0.289. The first-order valence-electron chi connectivity index (χ1n) is 10.5. The molecular formula is C23H28N4O2. The smallest absolute Gasteiger partial charge is 0.270 e. The SMILES string of the molecule is O=C1CN(c2ccnc(C(=O)NC(c3ccccc3)C3CCCCC3)c2)CCN1. The fraction of sp³-hybridized carbons (Fsp3) is 0.435. The number of rotatable bonds is 5. The summed E-state index contributed by atoms with van der Waals surface area (Å²) in [6.07, 6.45) is 7.63. The van der Waals surface area contributed by atoms with E-state index in [-0.39, 0.29) is 17.9 Å². The van der Waals surface area contributed by atoms with E-state index < -0.39 is 0 Å². The highest BCUT2D eigenvalue weighted by Gasteiger charge is 2.27. The van der Waals surface area contributed by atoms with Crippen LogP contribution in [0.5, 0.6) is 0 Å². The van der Waals surface area contributed by atoms with Crippen LogP contribution >= 0.6 is 0 Å². The minimum atomic E-state index is -0.160. The number of piperazine rings is 1. The number of amides is 2. The fourth-order valence-corrected chi connectivity index (χ4v) is 4.42. The minimum absolute atomic E-state index is 0.000467. The lowest BCUT2D eigenvalue weighted by Gasteiger charge is -2.31. The molecule has 2 N–H and O–H groups in total. The number of hydrogen-bond acceptors (Lipinski definition) is 4. The van der Waals surface area contributed by atoms with Crippen molar-refractivity contribution in [2.75, 3.05) is 24.5 Å². The van der Waals surface area contributed by atoms with Gasteiger partial charge in [0.2, 0.25) is 5.91 Å². The van der Waals surface area contributed by atoms with E-state index in [9.17, 15) is 9.59 Å². The van der Waals surface area contributed by atoms with E-state index in [1.165, 1.54) is 19.3 Å². The first-order chi connectivity index (χ1) is 14.2. The number of anilines is 1. The van der Waals surface area contributed by atoms with Crippen LogP contribution in [0, 0.1) is 5.92 Å². The summed E-state index contributed by atoms with van der Waals surface area (Å²) in [6.45, 7) is 1.64. The zero-order valence-electron chi connectivity index (χ0n) is 16.6. The molecule has 6 heteroatoms. The van der Waals surface area contributed by atoms with Crippen molar-refractivity contribution in [1.29, 1.82) is 0 Å². The van der Waals surface area contributed by atoms with Crippen molar-refractivity contribution in [2.45, 2.75) is 38.1 Å². The highest BCUT2D eigenvalue weighted by molar-refractivity contribution is 5.93. The number of carbonyl (C=O) groups is 2. The number of pyridine rings is 1. The zero-order valence-corrected chi connectivity index (χ0v) is 16.6. The van der Waals surface area contributed by atoms with Gasteiger partial charge in [-0.15, -0.1) is 0 Å². The van der Waals surface area contributed by atoms with Crippen LogP contribution in [0.4, 0.5) is 5.69 Å². The van der Waals surface area contributed by atoms with Gasteiger partial charge in [-0.3, -0.25) is 14.6 Å². The van der Waals surface area contributed by atoms with Gasteiger partial charge in [0.25, 0.3) is 5.91 Å². The second kappa shape index (κ2) is 9.07. The average molecular weight is 393 g/mol. The second-order valence-corrected chi connectivity index (χ2v) is 7.93. The van der Waals surface area contributed by atoms with E-state index in [1.54, 1.807) is 12.3 Å². The number of carbonyl (C=O) groups excluding carboxylic acids is 2. The largest absolute Gasteiger partial charge is 0.360 e. The van der Waals surface area contributed by atoms with E-state index in [4.69, 9.17) is 0 Å². The first kappa shape index (κ1) is 19.4. The molecule has 29 heavy (non-hydrogen) atoms. The predicted octanol–water partition coefficient (Wildman–Crippen LogP) is 3.07. The van der Waals surface area contributed by atoms with E-state index in [0.717, 1.165) is 30.6 Å². The molecule has 6 nitrogen and oxygen atoms in total. The number of nitrogens with one attached hydrogen (secondary N) is 2. The molecule has 1 saturated carbocycles. The number of aromatic nitrogens is 1. The van der Waals surface area contributed by atoms with Gasteiger partial charge < -0.3 is 15.5 Å². The van der Waals surface area contributed by atoms with Gasteiger partial charge in [0.05, 0.1) is 12.6 Å². The molecule has 1 atom stereocenters. The lowest BCUT2D eigenvalue weighted by molar-refractivity contribution is -0.120. The van der Waals surface area contributed by atoms with Gasteiger partial charge in [-0.2, -0.15) is 0 Å². The van der Waals surface area contributed by atoms with Crippen LogP contribution in [0.1, 0.15) is 54.2 Å². The van der Waals surface area contributed by atoms with Crippen LogP contribution in [0.15, 0.2) is 48.7 Å². The molecule has 0 radical (unpaired) electrons. The fourth-order valence-electron chi connectivity index (χ4n) is 4.42. The molecule has 4 rings (SSSR count). The summed E-state index contributed by atoms with van der Waals surface area (Å²) in [6, 6.07) is 13.9. The molecule has 1 saturated heterocycles. The Balaban J connectivity index is 1.53. The molecule has 1 aliphatic carbocycles. The molecule has 0 spiro atoms. The summed E-state index contributed by atoms with van der Waals surface area (Å²) < 4.78 is 0. The Morgan fingerprint density at radius 1 is 1.14 bits per heavy atom. The Morgan fingerprint density at radius 2 is 1.93 bits per heavy atom. The van der Waals surface area contributed by atoms with E-state index in [1.807, 2.05) is 29.2 Å². The van der Waals surface area contributed by atoms with Crippen molar-refractivity contribution < 1.29 is 9.59 Å². The summed E-state index contributed by atoms with van der Waals surface area (Å²) in [5, 5.41) is 6.08. The summed E-state index contributed by atoms with van der Waals surface area (Å²) >= 11 is 0. The van der Waals surface area contributed by atoms with E-state index in [2.05, 4.69) is 27.8 Å². The van der Waals surface area contributed by atoms with Gasteiger partial charge in [0, 0.05) is 25.0 Å². The zero-order chi connectivity index (χ0) is 20.1. The third-order valence-corrected chi connectivity index (χ3v) is 5.95. The quantitative estimate of drug-likeness (QED) is 0.820. The van der Waals surface area contributed by atoms with Gasteiger partial charge in [-0.1, -0.05) is 49.6 Å². The molecular weight excluding hydrogens is 364 g/mol. The molecule has 1 aliphatic heterocycles. The van der Waals surface area contributed by atoms with Crippen LogP contribution in [-0.4, -0.2) is 36.4 Å². The highest BCUT2D eigenvalue weighted by Crippen LogP contribution is 2.34. The maximum absolute atomic E-state index is 13.1. The Hall–Kier alpha value is -2.89. The van der Waals surface area contributed by atoms with Crippen LogP contribution in [0.2, 0.25) is 0 Å². The van der Waals surface area contributed by atoms with Crippen molar-refractivity contribution in [3.63, 3.8) is 0 Å². The number of nitrogens with zero attached hydrogens (tertiary/aromatic N) is 2. The average Bonchev–Trinajstić information content (AvgIpc) is 2.78. The van der Waals surface area contributed by atoms with Crippen molar-refractivity contribution in [2.24, 2.45) is 5.92 Å². The molecule has 1 aromatic carbocycles. The Bertz CT molecular complexity index is 849. The van der Waals surface area contributed by atoms with Crippen LogP contribution < -0.4 is 15.5 Å². The minimum Gasteiger partial charge on any atom is -0.360 e. The number of benzene rings is 1. The predicted molar refractivity (Wildman–Crippen MR) is 113 cm³/mol. The normalized spacial score (nSPS) is 18.8. The van der Waals surface area contributed by atoms with E-state index in [0.29, 0.717) is 24.7 Å². The van der Waals surface area contributed by atoms with E-state index >= 15 is 0 Å². The third-order valence-electron chi connectivity index (χ3n) is 5.95. The molecule has 2 heterocycles. The van der Waals surface area contributed by atoms with Crippen molar-refractivity contribution in [3.8, 4) is 0 Å². The molecule has 2 fully saturated rings. The standard InChI is InChI=1S/C23H28N4O2/c28-21-16-27(14-13-25-21)19-11-12-24-20(15-19)23(29)26-22(17-7-3-1-4-8-17)18-9-5-2-6-10-18/h1,3-4,7-8,11-12,15,18,22H,2,5-6,9-10,13-14,16H2,(H,25,28)(H,26,29). The Labute approximate surface area is 171 Å². The van der Waals surface area contributed by atoms with Crippen molar-refractivity contribution in [3.05, 3.63) is 59.9 Å². The van der Waals surface area contributed by atoms with Gasteiger partial charge in [-0.05, 0) is 36.5 Å². The van der Waals surface area contributed by atoms with Crippen molar-refractivity contribution >= 4 is 17.5 Å². The van der Waals surface area contributed by atoms with Crippen LogP contribution in [0.3, 0.4) is 0 Å². The lowest BCUT2D eigenvalue weighted by atomic mass is 9.81. The maximum Gasteiger partial charge on any atom is 0.270 e. The molecule has 1 unspecified atom stereocenters. The Kier molecular flexibility index (Phi) is 6.08. The van der Waals surface area contributed by atoms with Crippen LogP contribution in [-0.2, 0) is 4.79 Å². The van der Waals surface area contributed by atoms with Crippen molar-refractivity contribution in [1.82, 2.24) is 15.6 Å². The lowest BCUT2D eigenvalue weighted by Crippen LogP contribution is -2.47. The highest BCUT2D eigenvalue weighted by atomic mass is 16.2. The summed E-state index contributed by atoms with van der Waals surface area (Å²) in [5.41, 5.74) is 2.40. The van der Waals surface area contributed by atoms with Gasteiger partial charge in [-0.25, -0.2) is 0 Å². The van der Waals surface area contributed by atoms with Gasteiger partial charge >= 0.3 is 0 Å². The molecule has 1 aromatic heterocycles. The monoisotopic (exact) mass is 392 g/mol. The van der Waals surface area contributed by atoms with Gasteiger partial charge in [0.1, 0.15) is 5.69 Å². The second-order valence-electron chi connectivity index (χ2n) is 7.93. The molecule has 2 aliphatic rings. The van der Waals surface area contributed by atoms with Crippen LogP contribution in [0.25, 0.3) is 0 Å². The maximum atomic E-state index is 13.1. The summed E-state index contributed by atoms with van der Waals surface area (Å²) in [4.78, 5) is 31.1. The molecule has 152 valence electrons. The molecule has 0 bridgehead atoms. The topological polar surface area (TPSA) is 74.3 Å². The van der Waals surface area contributed by atoms with Gasteiger partial charge in [0.15, 0.2) is 0 Å².